The fourth-order valence-electron chi connectivity index (χ4n) is 4.93. The molecule has 35 heavy (non-hydrogen) atoms. The second-order valence-electron chi connectivity index (χ2n) is 9.10. The van der Waals surface area contributed by atoms with Gasteiger partial charge in [0, 0.05) is 5.92 Å². The lowest BCUT2D eigenvalue weighted by molar-refractivity contribution is 0.372. The van der Waals surface area contributed by atoms with E-state index in [2.05, 4.69) is 4.98 Å². The van der Waals surface area contributed by atoms with Gasteiger partial charge in [0.05, 0.1) is 19.1 Å². The quantitative estimate of drug-likeness (QED) is 0.519. The van der Waals surface area contributed by atoms with Crippen molar-refractivity contribution in [2.45, 2.75) is 60.2 Å². The third-order valence-electron chi connectivity index (χ3n) is 6.91. The topological polar surface area (TPSA) is 108 Å². The van der Waals surface area contributed by atoms with Crippen LogP contribution in [0.4, 0.5) is 0 Å². The average Bonchev–Trinajstić information content (AvgIpc) is 3.57. The molecule has 5 rings (SSSR count). The summed E-state index contributed by atoms with van der Waals surface area (Å²) in [5.41, 5.74) is 0.393. The molecule has 0 unspecified atom stereocenters. The molecule has 0 spiro atoms. The molecule has 0 amide bonds. The molecule has 3 aromatic rings. The fourth-order valence-corrected chi connectivity index (χ4v) is 6.27. The van der Waals surface area contributed by atoms with Crippen LogP contribution in [-0.4, -0.2) is 37.3 Å². The standard InChI is InChI=1S/C26H28N2O6S/c1-33-20-8-5-9-21(34-2)22(20)28-24(18-6-3-4-7-18)27-25(29)23(26(28)30)35(31,32)19-14-12-17(13-15-19)16-10-11-16/h5,8-9,12-16,18,30H,3-4,6-7,10-11H2,1-2H3. The minimum atomic E-state index is -4.36. The van der Waals surface area contributed by atoms with Crippen LogP contribution in [0.25, 0.3) is 5.69 Å². The van der Waals surface area contributed by atoms with Gasteiger partial charge in [0.25, 0.3) is 5.56 Å². The zero-order valence-corrected chi connectivity index (χ0v) is 20.5. The molecule has 184 valence electrons. The smallest absolute Gasteiger partial charge is 0.296 e. The van der Waals surface area contributed by atoms with Crippen LogP contribution in [0.1, 0.15) is 61.7 Å². The Labute approximate surface area is 204 Å². The molecular formula is C26H28N2O6S. The number of aromatic hydroxyl groups is 1. The molecule has 0 aliphatic heterocycles. The fraction of sp³-hybridized carbons (Fsp3) is 0.385. The van der Waals surface area contributed by atoms with E-state index in [0.717, 1.165) is 44.1 Å². The number of rotatable bonds is 7. The van der Waals surface area contributed by atoms with Gasteiger partial charge in [-0.25, -0.2) is 8.42 Å². The molecule has 1 N–H and O–H groups in total. The summed E-state index contributed by atoms with van der Waals surface area (Å²) in [5.74, 6) is 0.653. The van der Waals surface area contributed by atoms with Crippen LogP contribution >= 0.6 is 0 Å². The molecule has 2 aromatic carbocycles. The molecule has 2 aliphatic rings. The van der Waals surface area contributed by atoms with Crippen molar-refractivity contribution < 1.29 is 23.0 Å². The lowest BCUT2D eigenvalue weighted by Gasteiger charge is -2.23. The van der Waals surface area contributed by atoms with Crippen molar-refractivity contribution >= 4 is 9.84 Å². The highest BCUT2D eigenvalue weighted by molar-refractivity contribution is 7.91. The molecule has 1 heterocycles. The Balaban J connectivity index is 1.76. The Kier molecular flexibility index (Phi) is 6.04. The second kappa shape index (κ2) is 9.03. The Morgan fingerprint density at radius 3 is 2.06 bits per heavy atom. The van der Waals surface area contributed by atoms with Crippen LogP contribution in [0.15, 0.2) is 57.1 Å². The lowest BCUT2D eigenvalue weighted by Crippen LogP contribution is -2.26. The Hall–Kier alpha value is -3.33. The van der Waals surface area contributed by atoms with Crippen molar-refractivity contribution in [3.63, 3.8) is 0 Å². The van der Waals surface area contributed by atoms with E-state index in [4.69, 9.17) is 9.47 Å². The molecular weight excluding hydrogens is 468 g/mol. The summed E-state index contributed by atoms with van der Waals surface area (Å²) in [6.45, 7) is 0. The van der Waals surface area contributed by atoms with E-state index in [-0.39, 0.29) is 10.8 Å². The minimum Gasteiger partial charge on any atom is -0.494 e. The van der Waals surface area contributed by atoms with Gasteiger partial charge in [0.2, 0.25) is 15.7 Å². The van der Waals surface area contributed by atoms with E-state index >= 15 is 0 Å². The first kappa shape index (κ1) is 23.4. The number of hydrogen-bond acceptors (Lipinski definition) is 7. The Morgan fingerprint density at radius 1 is 0.914 bits per heavy atom. The normalized spacial score (nSPS) is 16.4. The summed E-state index contributed by atoms with van der Waals surface area (Å²) in [6, 6.07) is 11.6. The molecule has 0 radical (unpaired) electrons. The maximum Gasteiger partial charge on any atom is 0.296 e. The van der Waals surface area contributed by atoms with Gasteiger partial charge in [-0.1, -0.05) is 31.0 Å². The van der Waals surface area contributed by atoms with Crippen molar-refractivity contribution in [2.75, 3.05) is 14.2 Å². The van der Waals surface area contributed by atoms with Crippen LogP contribution < -0.4 is 15.0 Å². The van der Waals surface area contributed by atoms with Crippen LogP contribution in [0.3, 0.4) is 0 Å². The zero-order valence-electron chi connectivity index (χ0n) is 19.7. The van der Waals surface area contributed by atoms with Gasteiger partial charge >= 0.3 is 0 Å². The summed E-state index contributed by atoms with van der Waals surface area (Å²) in [7, 11) is -1.42. The summed E-state index contributed by atoms with van der Waals surface area (Å²) >= 11 is 0. The first-order valence-corrected chi connectivity index (χ1v) is 13.3. The molecule has 0 bridgehead atoms. The molecule has 2 fully saturated rings. The minimum absolute atomic E-state index is 0.0664. The highest BCUT2D eigenvalue weighted by Gasteiger charge is 2.34. The van der Waals surface area contributed by atoms with E-state index in [1.165, 1.54) is 30.9 Å². The highest BCUT2D eigenvalue weighted by Crippen LogP contribution is 2.43. The van der Waals surface area contributed by atoms with Crippen LogP contribution in [-0.2, 0) is 9.84 Å². The number of aromatic nitrogens is 2. The van der Waals surface area contributed by atoms with E-state index in [1.54, 1.807) is 30.3 Å². The SMILES string of the molecule is COc1cccc(OC)c1-n1c(C2CCCC2)nc(=O)c(S(=O)(=O)c2ccc(C3CC3)cc2)c1O. The van der Waals surface area contributed by atoms with Crippen molar-refractivity contribution in [3.8, 4) is 23.1 Å². The first-order valence-electron chi connectivity index (χ1n) is 11.8. The van der Waals surface area contributed by atoms with Crippen molar-refractivity contribution in [3.05, 3.63) is 64.2 Å². The largest absolute Gasteiger partial charge is 0.494 e. The van der Waals surface area contributed by atoms with E-state index in [9.17, 15) is 18.3 Å². The third kappa shape index (κ3) is 4.07. The number of para-hydroxylation sites is 1. The maximum absolute atomic E-state index is 13.6. The summed E-state index contributed by atoms with van der Waals surface area (Å²) in [4.78, 5) is 16.6. The summed E-state index contributed by atoms with van der Waals surface area (Å²) in [6.07, 6.45) is 5.64. The van der Waals surface area contributed by atoms with Gasteiger partial charge < -0.3 is 14.6 Å². The van der Waals surface area contributed by atoms with Crippen molar-refractivity contribution in [1.29, 1.82) is 0 Å². The van der Waals surface area contributed by atoms with Crippen molar-refractivity contribution in [2.24, 2.45) is 0 Å². The Morgan fingerprint density at radius 2 is 1.51 bits per heavy atom. The van der Waals surface area contributed by atoms with Crippen LogP contribution in [0.5, 0.6) is 17.4 Å². The molecule has 1 aromatic heterocycles. The molecule has 2 aliphatic carbocycles. The number of ether oxygens (including phenoxy) is 2. The van der Waals surface area contributed by atoms with E-state index in [1.807, 2.05) is 0 Å². The molecule has 0 saturated heterocycles. The molecule has 0 atom stereocenters. The van der Waals surface area contributed by atoms with Crippen LogP contribution in [0, 0.1) is 0 Å². The number of benzene rings is 2. The molecule has 8 nitrogen and oxygen atoms in total. The van der Waals surface area contributed by atoms with Gasteiger partial charge in [0.15, 0.2) is 4.90 Å². The number of sulfone groups is 1. The summed E-state index contributed by atoms with van der Waals surface area (Å²) in [5, 5.41) is 11.5. The summed E-state index contributed by atoms with van der Waals surface area (Å²) < 4.78 is 39.6. The van der Waals surface area contributed by atoms with Gasteiger partial charge in [-0.15, -0.1) is 0 Å². The second-order valence-corrected chi connectivity index (χ2v) is 11.0. The number of hydrogen-bond donors (Lipinski definition) is 1. The monoisotopic (exact) mass is 496 g/mol. The van der Waals surface area contributed by atoms with E-state index in [0.29, 0.717) is 28.9 Å². The van der Waals surface area contributed by atoms with Gasteiger partial charge in [-0.2, -0.15) is 4.98 Å². The van der Waals surface area contributed by atoms with Gasteiger partial charge in [-0.3, -0.25) is 9.36 Å². The molecule has 2 saturated carbocycles. The van der Waals surface area contributed by atoms with Gasteiger partial charge in [0.1, 0.15) is 23.0 Å². The average molecular weight is 497 g/mol. The predicted molar refractivity (Wildman–Crippen MR) is 130 cm³/mol. The van der Waals surface area contributed by atoms with Crippen molar-refractivity contribution in [1.82, 2.24) is 9.55 Å². The predicted octanol–water partition coefficient (Wildman–Crippen LogP) is 4.32. The highest BCUT2D eigenvalue weighted by atomic mass is 32.2. The zero-order chi connectivity index (χ0) is 24.7. The maximum atomic E-state index is 13.6. The van der Waals surface area contributed by atoms with Gasteiger partial charge in [-0.05, 0) is 61.4 Å². The number of nitrogens with zero attached hydrogens (tertiary/aromatic N) is 2. The third-order valence-corrected chi connectivity index (χ3v) is 8.70. The number of methoxy groups -OCH3 is 2. The van der Waals surface area contributed by atoms with E-state index < -0.39 is 26.2 Å². The first-order chi connectivity index (χ1) is 16.9. The van der Waals surface area contributed by atoms with Crippen LogP contribution in [0.2, 0.25) is 0 Å². The Bertz CT molecular complexity index is 1400. The lowest BCUT2D eigenvalue weighted by atomic mass is 10.1. The molecule has 9 heteroatoms.